The highest BCUT2D eigenvalue weighted by Gasteiger charge is 2.28. The van der Waals surface area contributed by atoms with E-state index < -0.39 is 15.9 Å². The lowest BCUT2D eigenvalue weighted by Crippen LogP contribution is -2.44. The van der Waals surface area contributed by atoms with Crippen LogP contribution in [0.25, 0.3) is 0 Å². The zero-order valence-electron chi connectivity index (χ0n) is 16.0. The zero-order chi connectivity index (χ0) is 20.1. The van der Waals surface area contributed by atoms with Crippen LogP contribution in [0.15, 0.2) is 23.1 Å². The SMILES string of the molecule is CCN(CC)S(=O)(=O)c1cc(C(=O)N[C@@H](CCO)C(C)(C)C)ccc1Cl. The quantitative estimate of drug-likeness (QED) is 0.697. The average Bonchev–Trinajstić information content (AvgIpc) is 2.54. The Morgan fingerprint density at radius 3 is 2.31 bits per heavy atom. The Kier molecular flexibility index (Phi) is 8.07. The lowest BCUT2D eigenvalue weighted by Gasteiger charge is -2.31. The summed E-state index contributed by atoms with van der Waals surface area (Å²) in [5.74, 6) is -0.397. The molecular formula is C18H29ClN2O4S. The van der Waals surface area contributed by atoms with Gasteiger partial charge in [-0.05, 0) is 30.0 Å². The van der Waals surface area contributed by atoms with Crippen LogP contribution < -0.4 is 5.32 Å². The van der Waals surface area contributed by atoms with Crippen molar-refractivity contribution in [3.05, 3.63) is 28.8 Å². The Morgan fingerprint density at radius 1 is 1.27 bits per heavy atom. The molecule has 1 atom stereocenters. The fourth-order valence-electron chi connectivity index (χ4n) is 2.64. The smallest absolute Gasteiger partial charge is 0.251 e. The van der Waals surface area contributed by atoms with Gasteiger partial charge in [0.05, 0.1) is 5.02 Å². The van der Waals surface area contributed by atoms with Gasteiger partial charge in [-0.15, -0.1) is 0 Å². The molecule has 148 valence electrons. The highest BCUT2D eigenvalue weighted by atomic mass is 35.5. The van der Waals surface area contributed by atoms with E-state index in [1.807, 2.05) is 20.8 Å². The van der Waals surface area contributed by atoms with E-state index in [2.05, 4.69) is 5.32 Å². The lowest BCUT2D eigenvalue weighted by atomic mass is 9.85. The van der Waals surface area contributed by atoms with Gasteiger partial charge in [-0.2, -0.15) is 4.31 Å². The molecule has 1 aromatic carbocycles. The van der Waals surface area contributed by atoms with Crippen LogP contribution in [0.5, 0.6) is 0 Å². The summed E-state index contributed by atoms with van der Waals surface area (Å²) >= 11 is 6.10. The van der Waals surface area contributed by atoms with Gasteiger partial charge in [-0.1, -0.05) is 46.2 Å². The molecule has 6 nitrogen and oxygen atoms in total. The second kappa shape index (κ2) is 9.17. The molecule has 1 amide bonds. The second-order valence-corrected chi connectivity index (χ2v) is 9.45. The monoisotopic (exact) mass is 404 g/mol. The number of aliphatic hydroxyl groups is 1. The molecule has 0 fully saturated rings. The van der Waals surface area contributed by atoms with E-state index in [-0.39, 0.29) is 33.5 Å². The molecule has 2 N–H and O–H groups in total. The summed E-state index contributed by atoms with van der Waals surface area (Å²) in [6, 6.07) is 3.98. The molecule has 0 aliphatic heterocycles. The number of aliphatic hydroxyl groups excluding tert-OH is 1. The molecule has 0 heterocycles. The van der Waals surface area contributed by atoms with Crippen LogP contribution in [0.4, 0.5) is 0 Å². The molecule has 26 heavy (non-hydrogen) atoms. The number of carbonyl (C=O) groups is 1. The molecule has 0 bridgehead atoms. The zero-order valence-corrected chi connectivity index (χ0v) is 17.6. The van der Waals surface area contributed by atoms with Gasteiger partial charge in [0.2, 0.25) is 10.0 Å². The predicted molar refractivity (Wildman–Crippen MR) is 104 cm³/mol. The third-order valence-corrected chi connectivity index (χ3v) is 6.82. The van der Waals surface area contributed by atoms with Crippen molar-refractivity contribution in [1.82, 2.24) is 9.62 Å². The number of amides is 1. The Morgan fingerprint density at radius 2 is 1.85 bits per heavy atom. The Balaban J connectivity index is 3.22. The first-order chi connectivity index (χ1) is 12.0. The Labute approximate surface area is 161 Å². The van der Waals surface area contributed by atoms with Crippen molar-refractivity contribution in [3.63, 3.8) is 0 Å². The van der Waals surface area contributed by atoms with E-state index in [9.17, 15) is 18.3 Å². The van der Waals surface area contributed by atoms with Crippen molar-refractivity contribution in [2.75, 3.05) is 19.7 Å². The standard InChI is InChI=1S/C18H29ClN2O4S/c1-6-21(7-2)26(24,25)15-12-13(8-9-14(15)19)17(23)20-16(10-11-22)18(3,4)5/h8-9,12,16,22H,6-7,10-11H2,1-5H3,(H,20,23)/t16-/m0/s1. The van der Waals surface area contributed by atoms with Crippen molar-refractivity contribution >= 4 is 27.5 Å². The van der Waals surface area contributed by atoms with Gasteiger partial charge in [0.1, 0.15) is 4.90 Å². The van der Waals surface area contributed by atoms with E-state index in [0.29, 0.717) is 19.5 Å². The number of hydrogen-bond donors (Lipinski definition) is 2. The molecule has 0 saturated heterocycles. The molecule has 1 rings (SSSR count). The number of nitrogens with zero attached hydrogens (tertiary/aromatic N) is 1. The van der Waals surface area contributed by atoms with E-state index >= 15 is 0 Å². The van der Waals surface area contributed by atoms with Gasteiger partial charge < -0.3 is 10.4 Å². The molecule has 1 aromatic rings. The minimum Gasteiger partial charge on any atom is -0.396 e. The van der Waals surface area contributed by atoms with Crippen molar-refractivity contribution in [2.45, 2.75) is 52.0 Å². The minimum absolute atomic E-state index is 0.0512. The molecule has 0 spiro atoms. The summed E-state index contributed by atoms with van der Waals surface area (Å²) in [6.45, 7) is 9.96. The number of carbonyl (C=O) groups excluding carboxylic acids is 1. The van der Waals surface area contributed by atoms with Gasteiger partial charge in [-0.3, -0.25) is 4.79 Å². The normalized spacial score (nSPS) is 13.7. The Bertz CT molecular complexity index is 725. The molecule has 0 aliphatic rings. The van der Waals surface area contributed by atoms with Crippen LogP contribution >= 0.6 is 11.6 Å². The van der Waals surface area contributed by atoms with Crippen molar-refractivity contribution in [3.8, 4) is 0 Å². The largest absolute Gasteiger partial charge is 0.396 e. The number of nitrogens with one attached hydrogen (secondary N) is 1. The maximum absolute atomic E-state index is 12.8. The maximum atomic E-state index is 12.8. The number of sulfonamides is 1. The van der Waals surface area contributed by atoms with Crippen LogP contribution in [0.1, 0.15) is 51.4 Å². The number of hydrogen-bond acceptors (Lipinski definition) is 4. The van der Waals surface area contributed by atoms with Gasteiger partial charge in [-0.25, -0.2) is 8.42 Å². The first-order valence-electron chi connectivity index (χ1n) is 8.70. The summed E-state index contributed by atoms with van der Waals surface area (Å²) in [6.07, 6.45) is 0.410. The fourth-order valence-corrected chi connectivity index (χ4v) is 4.60. The van der Waals surface area contributed by atoms with E-state index in [1.165, 1.54) is 22.5 Å². The van der Waals surface area contributed by atoms with Crippen LogP contribution in [-0.4, -0.2) is 49.5 Å². The molecule has 0 unspecified atom stereocenters. The summed E-state index contributed by atoms with van der Waals surface area (Å²) in [5.41, 5.74) is -0.0340. The summed E-state index contributed by atoms with van der Waals surface area (Å²) in [4.78, 5) is 12.6. The van der Waals surface area contributed by atoms with Crippen molar-refractivity contribution in [1.29, 1.82) is 0 Å². The van der Waals surface area contributed by atoms with Crippen LogP contribution in [0, 0.1) is 5.41 Å². The highest BCUT2D eigenvalue weighted by Crippen LogP contribution is 2.27. The minimum atomic E-state index is -3.77. The van der Waals surface area contributed by atoms with Gasteiger partial charge >= 0.3 is 0 Å². The van der Waals surface area contributed by atoms with E-state index in [1.54, 1.807) is 13.8 Å². The van der Waals surface area contributed by atoms with Crippen molar-refractivity contribution in [2.24, 2.45) is 5.41 Å². The molecule has 0 saturated carbocycles. The summed E-state index contributed by atoms with van der Waals surface area (Å²) < 4.78 is 26.8. The third-order valence-electron chi connectivity index (χ3n) is 4.29. The number of halogens is 1. The summed E-state index contributed by atoms with van der Waals surface area (Å²) in [7, 11) is -3.77. The average molecular weight is 405 g/mol. The molecule has 0 aromatic heterocycles. The van der Waals surface area contributed by atoms with Crippen LogP contribution in [0.3, 0.4) is 0 Å². The second-order valence-electron chi connectivity index (χ2n) is 7.14. The van der Waals surface area contributed by atoms with E-state index in [0.717, 1.165) is 0 Å². The van der Waals surface area contributed by atoms with E-state index in [4.69, 9.17) is 11.6 Å². The molecular weight excluding hydrogens is 376 g/mol. The van der Waals surface area contributed by atoms with Gasteiger partial charge in [0.25, 0.3) is 5.91 Å². The number of rotatable bonds is 8. The Hall–Kier alpha value is -1.15. The highest BCUT2D eigenvalue weighted by molar-refractivity contribution is 7.89. The maximum Gasteiger partial charge on any atom is 0.251 e. The molecule has 0 aliphatic carbocycles. The fraction of sp³-hybridized carbons (Fsp3) is 0.611. The topological polar surface area (TPSA) is 86.7 Å². The van der Waals surface area contributed by atoms with Crippen molar-refractivity contribution < 1.29 is 18.3 Å². The molecule has 0 radical (unpaired) electrons. The van der Waals surface area contributed by atoms with Gasteiger partial charge in [0.15, 0.2) is 0 Å². The number of benzene rings is 1. The first kappa shape index (κ1) is 22.9. The predicted octanol–water partition coefficient (Wildman–Crippen LogP) is 2.90. The molecule has 8 heteroatoms. The third kappa shape index (κ3) is 5.42. The van der Waals surface area contributed by atoms with Gasteiger partial charge in [0, 0.05) is 31.3 Å². The lowest BCUT2D eigenvalue weighted by molar-refractivity contribution is 0.0885. The van der Waals surface area contributed by atoms with Crippen LogP contribution in [-0.2, 0) is 10.0 Å². The first-order valence-corrected chi connectivity index (χ1v) is 10.5. The van der Waals surface area contributed by atoms with Crippen LogP contribution in [0.2, 0.25) is 5.02 Å². The summed E-state index contributed by atoms with van der Waals surface area (Å²) in [5, 5.41) is 12.2.